The molecule has 2 aromatic heterocycles. The molecule has 0 atom stereocenters. The number of halogens is 3. The fourth-order valence-corrected chi connectivity index (χ4v) is 0.989. The fourth-order valence-electron chi connectivity index (χ4n) is 0.989. The first-order chi connectivity index (χ1) is 6.50. The molecular weight excluding hydrogens is 203 g/mol. The van der Waals surface area contributed by atoms with Gasteiger partial charge in [0.2, 0.25) is 5.69 Å². The molecule has 0 saturated carbocycles. The van der Waals surface area contributed by atoms with Crippen LogP contribution in [0.1, 0.15) is 5.69 Å². The van der Waals surface area contributed by atoms with Gasteiger partial charge in [-0.1, -0.05) is 5.16 Å². The minimum Gasteiger partial charge on any atom is -0.335 e. The number of alkyl halides is 3. The number of hydrogen-bond donors (Lipinski definition) is 1. The number of nitrogens with one attached hydrogen (secondary N) is 1. The summed E-state index contributed by atoms with van der Waals surface area (Å²) in [5, 5.41) is 2.06. The number of rotatable bonds is 0. The first kappa shape index (κ1) is 8.73. The molecule has 0 spiro atoms. The van der Waals surface area contributed by atoms with Gasteiger partial charge in [0.15, 0.2) is 0 Å². The van der Waals surface area contributed by atoms with Gasteiger partial charge in [-0.3, -0.25) is 4.79 Å². The van der Waals surface area contributed by atoms with E-state index in [1.165, 1.54) is 0 Å². The van der Waals surface area contributed by atoms with Gasteiger partial charge >= 0.3 is 6.18 Å². The third-order valence-electron chi connectivity index (χ3n) is 1.55. The minimum absolute atomic E-state index is 0.430. The van der Waals surface area contributed by atoms with Crippen LogP contribution < -0.4 is 5.56 Å². The van der Waals surface area contributed by atoms with Crippen LogP contribution in [0.15, 0.2) is 15.6 Å². The molecule has 0 bridgehead atoms. The monoisotopic (exact) mass is 205 g/mol. The van der Waals surface area contributed by atoms with E-state index in [0.717, 1.165) is 6.33 Å². The largest absolute Gasteiger partial charge is 0.437 e. The molecule has 2 heterocycles. The maximum atomic E-state index is 12.2. The fraction of sp³-hybridized carbons (Fsp3) is 0.167. The highest BCUT2D eigenvalue weighted by molar-refractivity contribution is 5.74. The third-order valence-corrected chi connectivity index (χ3v) is 1.55. The van der Waals surface area contributed by atoms with Gasteiger partial charge in [-0.25, -0.2) is 4.98 Å². The van der Waals surface area contributed by atoms with Crippen molar-refractivity contribution in [2.24, 2.45) is 0 Å². The number of H-pyrrole nitrogens is 1. The average Bonchev–Trinajstić information content (AvgIpc) is 2.47. The van der Waals surface area contributed by atoms with E-state index in [2.05, 4.69) is 14.7 Å². The van der Waals surface area contributed by atoms with Crippen molar-refractivity contribution >= 4 is 11.1 Å². The quantitative estimate of drug-likeness (QED) is 0.694. The molecule has 0 saturated heterocycles. The zero-order chi connectivity index (χ0) is 10.3. The first-order valence-corrected chi connectivity index (χ1v) is 3.40. The summed E-state index contributed by atoms with van der Waals surface area (Å²) >= 11 is 0. The van der Waals surface area contributed by atoms with Crippen molar-refractivity contribution in [2.75, 3.05) is 0 Å². The lowest BCUT2D eigenvalue weighted by Crippen LogP contribution is -2.13. The second kappa shape index (κ2) is 2.56. The molecule has 0 fully saturated rings. The van der Waals surface area contributed by atoms with Crippen LogP contribution in [0.4, 0.5) is 13.2 Å². The van der Waals surface area contributed by atoms with Gasteiger partial charge in [0, 0.05) is 0 Å². The lowest BCUT2D eigenvalue weighted by molar-refractivity contribution is -0.141. The van der Waals surface area contributed by atoms with Crippen molar-refractivity contribution in [3.05, 3.63) is 22.4 Å². The van der Waals surface area contributed by atoms with Crippen molar-refractivity contribution in [1.29, 1.82) is 0 Å². The Morgan fingerprint density at radius 2 is 2.14 bits per heavy atom. The summed E-state index contributed by atoms with van der Waals surface area (Å²) in [7, 11) is 0. The number of aromatic amines is 1. The molecule has 0 aliphatic heterocycles. The number of aromatic nitrogens is 3. The van der Waals surface area contributed by atoms with E-state index >= 15 is 0 Å². The van der Waals surface area contributed by atoms with Gasteiger partial charge in [0.25, 0.3) is 11.3 Å². The van der Waals surface area contributed by atoms with Crippen molar-refractivity contribution in [1.82, 2.24) is 15.1 Å². The van der Waals surface area contributed by atoms with Crippen LogP contribution in [0.5, 0.6) is 0 Å². The second-order valence-electron chi connectivity index (χ2n) is 2.44. The predicted molar refractivity (Wildman–Crippen MR) is 37.4 cm³/mol. The topological polar surface area (TPSA) is 71.8 Å². The molecule has 0 unspecified atom stereocenters. The smallest absolute Gasteiger partial charge is 0.335 e. The van der Waals surface area contributed by atoms with E-state index < -0.39 is 28.5 Å². The number of nitrogens with zero attached hydrogens (tertiary/aromatic N) is 2. The van der Waals surface area contributed by atoms with Crippen molar-refractivity contribution in [3.8, 4) is 0 Å². The second-order valence-corrected chi connectivity index (χ2v) is 2.44. The van der Waals surface area contributed by atoms with E-state index in [0.29, 0.717) is 0 Å². The Morgan fingerprint density at radius 3 is 2.79 bits per heavy atom. The summed E-state index contributed by atoms with van der Waals surface area (Å²) in [5.74, 6) is 0. The molecule has 0 aliphatic carbocycles. The van der Waals surface area contributed by atoms with Gasteiger partial charge < -0.3 is 9.51 Å². The van der Waals surface area contributed by atoms with Crippen LogP contribution in [-0.2, 0) is 6.18 Å². The zero-order valence-corrected chi connectivity index (χ0v) is 6.42. The van der Waals surface area contributed by atoms with Crippen LogP contribution in [-0.4, -0.2) is 15.1 Å². The summed E-state index contributed by atoms with van der Waals surface area (Å²) in [6.45, 7) is 0. The first-order valence-electron chi connectivity index (χ1n) is 3.40. The lowest BCUT2D eigenvalue weighted by Gasteiger charge is -1.98. The molecule has 0 radical (unpaired) electrons. The zero-order valence-electron chi connectivity index (χ0n) is 6.42. The Morgan fingerprint density at radius 1 is 1.43 bits per heavy atom. The summed E-state index contributed by atoms with van der Waals surface area (Å²) in [6, 6.07) is 0. The standard InChI is InChI=1S/C6H2F3N3O2/c7-6(8,9)3-2-4(13)10-1-11-5(2)14-12-3/h1H,(H,10,11,13). The predicted octanol–water partition coefficient (Wildman–Crippen LogP) is 0.930. The van der Waals surface area contributed by atoms with Crippen LogP contribution in [0.25, 0.3) is 11.1 Å². The molecule has 0 amide bonds. The third kappa shape index (κ3) is 1.15. The Balaban J connectivity index is 2.87. The average molecular weight is 205 g/mol. The van der Waals surface area contributed by atoms with Crippen LogP contribution >= 0.6 is 0 Å². The Hall–Kier alpha value is -1.86. The summed E-state index contributed by atoms with van der Waals surface area (Å²) in [6.07, 6.45) is -3.78. The lowest BCUT2D eigenvalue weighted by atomic mass is 10.3. The van der Waals surface area contributed by atoms with E-state index in [4.69, 9.17) is 0 Å². The SMILES string of the molecule is O=c1[nH]cnc2onc(C(F)(F)F)c12. The Labute approximate surface area is 73.5 Å². The number of hydrogen-bond acceptors (Lipinski definition) is 4. The molecular formula is C6H2F3N3O2. The van der Waals surface area contributed by atoms with Crippen LogP contribution in [0.2, 0.25) is 0 Å². The Bertz CT molecular complexity index is 527. The summed E-state index contributed by atoms with van der Waals surface area (Å²) in [5.41, 5.74) is -2.72. The van der Waals surface area contributed by atoms with E-state index in [1.54, 1.807) is 0 Å². The van der Waals surface area contributed by atoms with E-state index in [9.17, 15) is 18.0 Å². The van der Waals surface area contributed by atoms with E-state index in [1.807, 2.05) is 4.98 Å². The highest BCUT2D eigenvalue weighted by Crippen LogP contribution is 2.31. The van der Waals surface area contributed by atoms with Gasteiger partial charge in [-0.2, -0.15) is 13.2 Å². The van der Waals surface area contributed by atoms with Gasteiger partial charge in [0.1, 0.15) is 5.39 Å². The molecule has 8 heteroatoms. The maximum Gasteiger partial charge on any atom is 0.437 e. The molecule has 74 valence electrons. The van der Waals surface area contributed by atoms with Crippen molar-refractivity contribution < 1.29 is 17.7 Å². The number of fused-ring (bicyclic) bond motifs is 1. The maximum absolute atomic E-state index is 12.2. The minimum atomic E-state index is -4.72. The van der Waals surface area contributed by atoms with Crippen molar-refractivity contribution in [2.45, 2.75) is 6.18 Å². The van der Waals surface area contributed by atoms with Gasteiger partial charge in [-0.15, -0.1) is 0 Å². The van der Waals surface area contributed by atoms with Gasteiger partial charge in [0.05, 0.1) is 6.33 Å². The molecule has 0 aromatic carbocycles. The van der Waals surface area contributed by atoms with Crippen LogP contribution in [0.3, 0.4) is 0 Å². The summed E-state index contributed by atoms with van der Waals surface area (Å²) < 4.78 is 40.9. The van der Waals surface area contributed by atoms with Gasteiger partial charge in [-0.05, 0) is 0 Å². The highest BCUT2D eigenvalue weighted by Gasteiger charge is 2.38. The molecule has 14 heavy (non-hydrogen) atoms. The Kier molecular flexibility index (Phi) is 1.60. The molecule has 2 aromatic rings. The van der Waals surface area contributed by atoms with Crippen LogP contribution in [0, 0.1) is 0 Å². The molecule has 2 rings (SSSR count). The van der Waals surface area contributed by atoms with Crippen molar-refractivity contribution in [3.63, 3.8) is 0 Å². The van der Waals surface area contributed by atoms with E-state index in [-0.39, 0.29) is 0 Å². The molecule has 0 aliphatic rings. The normalized spacial score (nSPS) is 12.2. The molecule has 1 N–H and O–H groups in total. The summed E-state index contributed by atoms with van der Waals surface area (Å²) in [4.78, 5) is 16.4. The molecule has 5 nitrogen and oxygen atoms in total. The highest BCUT2D eigenvalue weighted by atomic mass is 19.4.